The number of rotatable bonds is 10. The predicted molar refractivity (Wildman–Crippen MR) is 73.1 cm³/mol. The summed E-state index contributed by atoms with van der Waals surface area (Å²) in [4.78, 5) is 0. The van der Waals surface area contributed by atoms with E-state index in [1.807, 2.05) is 0 Å². The van der Waals surface area contributed by atoms with Gasteiger partial charge in [0, 0.05) is 26.4 Å². The van der Waals surface area contributed by atoms with Gasteiger partial charge >= 0.3 is 8.80 Å². The molecule has 0 bridgehead atoms. The van der Waals surface area contributed by atoms with Crippen molar-refractivity contribution in [2.75, 3.05) is 20.3 Å². The highest BCUT2D eigenvalue weighted by atomic mass is 32.1. The Labute approximate surface area is 107 Å². The zero-order chi connectivity index (χ0) is 12.4. The number of hydrogen-bond acceptors (Lipinski definition) is 4. The number of thiol groups is 1. The van der Waals surface area contributed by atoms with Crippen LogP contribution in [0.1, 0.15) is 40.0 Å². The minimum absolute atomic E-state index is 0.359. The highest BCUT2D eigenvalue weighted by Crippen LogP contribution is 2.20. The normalized spacial score (nSPS) is 14.1. The highest BCUT2D eigenvalue weighted by molar-refractivity contribution is 7.80. The van der Waals surface area contributed by atoms with Crippen molar-refractivity contribution in [3.8, 4) is 0 Å². The minimum Gasteiger partial charge on any atom is -0.377 e. The lowest BCUT2D eigenvalue weighted by Gasteiger charge is -2.28. The molecular formula is C11H26O3SSi. The maximum Gasteiger partial charge on any atom is 0.500 e. The fraction of sp³-hybridized carbons (Fsp3) is 1.00. The molecule has 1 unspecified atom stereocenters. The zero-order valence-corrected chi connectivity index (χ0v) is 12.9. The Morgan fingerprint density at radius 3 is 1.94 bits per heavy atom. The third-order valence-corrected chi connectivity index (χ3v) is 5.30. The summed E-state index contributed by atoms with van der Waals surface area (Å²) >= 11 is 4.39. The topological polar surface area (TPSA) is 27.7 Å². The fourth-order valence-corrected chi connectivity index (χ4v) is 4.31. The molecule has 0 spiro atoms. The second-order valence-electron chi connectivity index (χ2n) is 3.97. The Balaban J connectivity index is 4.27. The summed E-state index contributed by atoms with van der Waals surface area (Å²) in [5.41, 5.74) is 0. The molecule has 0 aromatic rings. The molecular weight excluding hydrogens is 240 g/mol. The van der Waals surface area contributed by atoms with Crippen molar-refractivity contribution in [2.24, 2.45) is 0 Å². The smallest absolute Gasteiger partial charge is 0.377 e. The first kappa shape index (κ1) is 16.4. The molecule has 1 atom stereocenters. The van der Waals surface area contributed by atoms with E-state index in [9.17, 15) is 0 Å². The molecule has 0 heterocycles. The molecule has 0 aromatic carbocycles. The lowest BCUT2D eigenvalue weighted by Crippen LogP contribution is -2.45. The van der Waals surface area contributed by atoms with Crippen molar-refractivity contribution in [1.82, 2.24) is 0 Å². The van der Waals surface area contributed by atoms with Crippen LogP contribution in [0.3, 0.4) is 0 Å². The van der Waals surface area contributed by atoms with Gasteiger partial charge < -0.3 is 13.3 Å². The summed E-state index contributed by atoms with van der Waals surface area (Å²) in [6.07, 6.45) is 2.95. The van der Waals surface area contributed by atoms with Crippen molar-refractivity contribution in [1.29, 1.82) is 0 Å². The molecule has 0 saturated heterocycles. The highest BCUT2D eigenvalue weighted by Gasteiger charge is 2.39. The van der Waals surface area contributed by atoms with Gasteiger partial charge in [0.2, 0.25) is 0 Å². The van der Waals surface area contributed by atoms with Crippen LogP contribution in [0.5, 0.6) is 0 Å². The predicted octanol–water partition coefficient (Wildman–Crippen LogP) is 3.13. The molecule has 16 heavy (non-hydrogen) atoms. The van der Waals surface area contributed by atoms with Crippen LogP contribution in [0, 0.1) is 0 Å². The molecule has 0 N–H and O–H groups in total. The van der Waals surface area contributed by atoms with Gasteiger partial charge in [-0.25, -0.2) is 0 Å². The van der Waals surface area contributed by atoms with Gasteiger partial charge in [-0.2, -0.15) is 12.6 Å². The van der Waals surface area contributed by atoms with E-state index in [4.69, 9.17) is 13.3 Å². The van der Waals surface area contributed by atoms with Crippen LogP contribution >= 0.6 is 12.6 Å². The minimum atomic E-state index is -2.42. The Kier molecular flexibility index (Phi) is 9.74. The average molecular weight is 266 g/mol. The number of hydrogen-bond donors (Lipinski definition) is 1. The van der Waals surface area contributed by atoms with Crippen LogP contribution in [0.4, 0.5) is 0 Å². The van der Waals surface area contributed by atoms with Gasteiger partial charge in [-0.1, -0.05) is 20.8 Å². The molecule has 0 aromatic heterocycles. The summed E-state index contributed by atoms with van der Waals surface area (Å²) < 4.78 is 17.2. The van der Waals surface area contributed by atoms with Gasteiger partial charge in [0.15, 0.2) is 0 Å². The van der Waals surface area contributed by atoms with Gasteiger partial charge in [0.1, 0.15) is 0 Å². The standard InChI is InChI=1S/C11H26O3SSi/c1-5-8-13-16(12-4,14-9-6-2)10-7-11(3)15/h11,15H,5-10H2,1-4H3. The van der Waals surface area contributed by atoms with Crippen molar-refractivity contribution in [2.45, 2.75) is 51.3 Å². The van der Waals surface area contributed by atoms with Crippen molar-refractivity contribution >= 4 is 21.4 Å². The van der Waals surface area contributed by atoms with E-state index in [1.165, 1.54) is 0 Å². The molecule has 0 amide bonds. The van der Waals surface area contributed by atoms with Crippen LogP contribution < -0.4 is 0 Å². The molecule has 5 heteroatoms. The SMILES string of the molecule is CCCO[Si](CCC(C)S)(OC)OCCC. The van der Waals surface area contributed by atoms with Crippen LogP contribution in [0.2, 0.25) is 6.04 Å². The van der Waals surface area contributed by atoms with Crippen molar-refractivity contribution < 1.29 is 13.3 Å². The summed E-state index contributed by atoms with van der Waals surface area (Å²) in [5.74, 6) is 0. The van der Waals surface area contributed by atoms with E-state index in [1.54, 1.807) is 7.11 Å². The molecule has 0 aliphatic rings. The van der Waals surface area contributed by atoms with Crippen molar-refractivity contribution in [3.05, 3.63) is 0 Å². The second kappa shape index (κ2) is 9.47. The van der Waals surface area contributed by atoms with Crippen molar-refractivity contribution in [3.63, 3.8) is 0 Å². The Hall–Kier alpha value is 0.447. The summed E-state index contributed by atoms with van der Waals surface area (Å²) in [6.45, 7) is 7.69. The molecule has 3 nitrogen and oxygen atoms in total. The largest absolute Gasteiger partial charge is 0.500 e. The zero-order valence-electron chi connectivity index (χ0n) is 11.0. The van der Waals surface area contributed by atoms with Crippen LogP contribution in [0.25, 0.3) is 0 Å². The van der Waals surface area contributed by atoms with Crippen LogP contribution in [-0.4, -0.2) is 34.4 Å². The average Bonchev–Trinajstić information content (AvgIpc) is 2.29. The fourth-order valence-electron chi connectivity index (χ4n) is 1.31. The van der Waals surface area contributed by atoms with E-state index in [0.717, 1.165) is 25.3 Å². The first-order valence-electron chi connectivity index (χ1n) is 6.11. The summed E-state index contributed by atoms with van der Waals surface area (Å²) in [7, 11) is -0.728. The van der Waals surface area contributed by atoms with E-state index >= 15 is 0 Å². The third-order valence-electron chi connectivity index (χ3n) is 2.23. The lowest BCUT2D eigenvalue weighted by molar-refractivity contribution is 0.0769. The van der Waals surface area contributed by atoms with E-state index in [2.05, 4.69) is 33.4 Å². The maximum absolute atomic E-state index is 5.84. The van der Waals surface area contributed by atoms with E-state index in [-0.39, 0.29) is 0 Å². The molecule has 0 radical (unpaired) electrons. The first-order valence-corrected chi connectivity index (χ1v) is 8.56. The molecule has 0 saturated carbocycles. The molecule has 0 aliphatic carbocycles. The van der Waals surface area contributed by atoms with Gasteiger partial charge in [-0.05, 0) is 24.5 Å². The van der Waals surface area contributed by atoms with Crippen LogP contribution in [-0.2, 0) is 13.3 Å². The summed E-state index contributed by atoms with van der Waals surface area (Å²) in [6, 6.07) is 0.855. The molecule has 98 valence electrons. The monoisotopic (exact) mass is 266 g/mol. The Morgan fingerprint density at radius 2 is 1.62 bits per heavy atom. The molecule has 0 aliphatic heterocycles. The van der Waals surface area contributed by atoms with Gasteiger partial charge in [0.25, 0.3) is 0 Å². The third kappa shape index (κ3) is 6.91. The second-order valence-corrected chi connectivity index (χ2v) is 7.70. The van der Waals surface area contributed by atoms with Gasteiger partial charge in [-0.3, -0.25) is 0 Å². The lowest BCUT2D eigenvalue weighted by atomic mass is 10.4. The van der Waals surface area contributed by atoms with E-state index < -0.39 is 8.80 Å². The Morgan fingerprint density at radius 1 is 1.12 bits per heavy atom. The molecule has 0 rings (SSSR count). The first-order chi connectivity index (χ1) is 7.60. The van der Waals surface area contributed by atoms with Gasteiger partial charge in [0.05, 0.1) is 0 Å². The summed E-state index contributed by atoms with van der Waals surface area (Å²) in [5, 5.41) is 0.359. The Bertz CT molecular complexity index is 159. The molecule has 0 fully saturated rings. The van der Waals surface area contributed by atoms with Crippen LogP contribution in [0.15, 0.2) is 0 Å². The quantitative estimate of drug-likeness (QED) is 0.486. The van der Waals surface area contributed by atoms with Gasteiger partial charge in [-0.15, -0.1) is 0 Å². The maximum atomic E-state index is 5.84. The van der Waals surface area contributed by atoms with E-state index in [0.29, 0.717) is 18.5 Å².